The van der Waals surface area contributed by atoms with Crippen molar-refractivity contribution in [3.8, 4) is 17.2 Å². The second-order valence-electron chi connectivity index (χ2n) is 7.02. The van der Waals surface area contributed by atoms with Crippen molar-refractivity contribution in [1.82, 2.24) is 5.32 Å². The first-order valence-electron chi connectivity index (χ1n) is 9.66. The molecule has 2 aliphatic heterocycles. The maximum absolute atomic E-state index is 12.7. The van der Waals surface area contributed by atoms with E-state index in [1.807, 2.05) is 24.3 Å². The first-order chi connectivity index (χ1) is 14.0. The zero-order valence-corrected chi connectivity index (χ0v) is 16.7. The molecule has 0 bridgehead atoms. The van der Waals surface area contributed by atoms with Crippen molar-refractivity contribution in [2.45, 2.75) is 30.2 Å². The Morgan fingerprint density at radius 1 is 0.966 bits per heavy atom. The summed E-state index contributed by atoms with van der Waals surface area (Å²) in [5, 5.41) is 2.93. The Labute approximate surface area is 169 Å². The summed E-state index contributed by atoms with van der Waals surface area (Å²) in [6.45, 7) is 1.53. The van der Waals surface area contributed by atoms with Crippen LogP contribution in [-0.2, 0) is 14.6 Å². The summed E-state index contributed by atoms with van der Waals surface area (Å²) in [7, 11) is -3.62. The summed E-state index contributed by atoms with van der Waals surface area (Å²) in [5.41, 5.74) is 0.915. The van der Waals surface area contributed by atoms with Crippen LogP contribution in [0.3, 0.4) is 0 Å². The lowest BCUT2D eigenvalue weighted by molar-refractivity contribution is -0.121. The van der Waals surface area contributed by atoms with Crippen LogP contribution in [0.15, 0.2) is 47.4 Å². The lowest BCUT2D eigenvalue weighted by atomic mass is 10.0. The molecule has 1 N–H and O–H groups in total. The minimum absolute atomic E-state index is 0.115. The highest BCUT2D eigenvalue weighted by atomic mass is 32.2. The van der Waals surface area contributed by atoms with Crippen molar-refractivity contribution >= 4 is 15.7 Å². The number of para-hydroxylation sites is 1. The van der Waals surface area contributed by atoms with Crippen LogP contribution in [0.2, 0.25) is 0 Å². The predicted octanol–water partition coefficient (Wildman–Crippen LogP) is 2.65. The monoisotopic (exact) mass is 417 g/mol. The molecule has 0 aromatic heterocycles. The van der Waals surface area contributed by atoms with Crippen LogP contribution in [0.5, 0.6) is 17.2 Å². The number of nitrogens with one attached hydrogen (secondary N) is 1. The van der Waals surface area contributed by atoms with E-state index in [-0.39, 0.29) is 29.0 Å². The number of carbonyl (C=O) groups is 1. The average Bonchev–Trinajstić information content (AvgIpc) is 2.97. The first-order valence-corrected chi connectivity index (χ1v) is 11.3. The molecular weight excluding hydrogens is 394 g/mol. The van der Waals surface area contributed by atoms with Gasteiger partial charge in [0.05, 0.1) is 36.5 Å². The molecule has 1 atom stereocenters. The van der Waals surface area contributed by atoms with Crippen LogP contribution in [0.1, 0.15) is 30.9 Å². The highest BCUT2D eigenvalue weighted by Gasteiger charge is 2.24. The van der Waals surface area contributed by atoms with Gasteiger partial charge in [0.25, 0.3) is 0 Å². The van der Waals surface area contributed by atoms with Gasteiger partial charge < -0.3 is 19.5 Å². The van der Waals surface area contributed by atoms with Gasteiger partial charge in [0, 0.05) is 30.9 Å². The second kappa shape index (κ2) is 8.32. The van der Waals surface area contributed by atoms with E-state index in [2.05, 4.69) is 5.32 Å². The van der Waals surface area contributed by atoms with E-state index in [9.17, 15) is 13.2 Å². The molecule has 2 heterocycles. The predicted molar refractivity (Wildman–Crippen MR) is 106 cm³/mol. The van der Waals surface area contributed by atoms with Gasteiger partial charge in [0.15, 0.2) is 21.3 Å². The molecule has 1 amide bonds. The maximum atomic E-state index is 12.7. The minimum atomic E-state index is -3.62. The summed E-state index contributed by atoms with van der Waals surface area (Å²) in [5.74, 6) is 1.14. The molecule has 0 aliphatic carbocycles. The van der Waals surface area contributed by atoms with Crippen molar-refractivity contribution < 1.29 is 27.4 Å². The van der Waals surface area contributed by atoms with Crippen molar-refractivity contribution in [3.63, 3.8) is 0 Å². The summed E-state index contributed by atoms with van der Waals surface area (Å²) in [6, 6.07) is 11.9. The van der Waals surface area contributed by atoms with Crippen LogP contribution in [0, 0.1) is 0 Å². The molecule has 0 saturated heterocycles. The fraction of sp³-hybridized carbons (Fsp3) is 0.381. The highest BCUT2D eigenvalue weighted by molar-refractivity contribution is 7.91. The van der Waals surface area contributed by atoms with Gasteiger partial charge in [-0.25, -0.2) is 8.42 Å². The Kier molecular flexibility index (Phi) is 5.62. The lowest BCUT2D eigenvalue weighted by Gasteiger charge is -2.26. The summed E-state index contributed by atoms with van der Waals surface area (Å²) in [4.78, 5) is 12.5. The molecular formula is C21H23NO6S. The number of hydrogen-bond donors (Lipinski definition) is 1. The van der Waals surface area contributed by atoms with Crippen LogP contribution < -0.4 is 19.5 Å². The maximum Gasteiger partial charge on any atom is 0.221 e. The number of carbonyl (C=O) groups excluding carboxylic acids is 1. The molecule has 154 valence electrons. The molecule has 0 unspecified atom stereocenters. The fourth-order valence-electron chi connectivity index (χ4n) is 3.44. The Morgan fingerprint density at radius 2 is 1.72 bits per heavy atom. The Morgan fingerprint density at radius 3 is 2.59 bits per heavy atom. The fourth-order valence-corrected chi connectivity index (χ4v) is 4.69. The normalized spacial score (nSPS) is 18.1. The van der Waals surface area contributed by atoms with Gasteiger partial charge >= 0.3 is 0 Å². The molecule has 0 fully saturated rings. The van der Waals surface area contributed by atoms with E-state index in [1.165, 1.54) is 12.1 Å². The number of rotatable bonds is 5. The molecule has 2 aliphatic rings. The topological polar surface area (TPSA) is 90.9 Å². The smallest absolute Gasteiger partial charge is 0.221 e. The van der Waals surface area contributed by atoms with Crippen molar-refractivity contribution in [2.24, 2.45) is 0 Å². The van der Waals surface area contributed by atoms with E-state index in [4.69, 9.17) is 14.2 Å². The van der Waals surface area contributed by atoms with Gasteiger partial charge in [0.1, 0.15) is 5.75 Å². The van der Waals surface area contributed by atoms with Gasteiger partial charge in [0.2, 0.25) is 5.91 Å². The van der Waals surface area contributed by atoms with Crippen LogP contribution >= 0.6 is 0 Å². The lowest BCUT2D eigenvalue weighted by Crippen LogP contribution is -2.33. The number of sulfone groups is 1. The average molecular weight is 417 g/mol. The molecule has 7 nitrogen and oxygen atoms in total. The molecule has 0 spiro atoms. The van der Waals surface area contributed by atoms with Crippen molar-refractivity contribution in [3.05, 3.63) is 48.0 Å². The second-order valence-corrected chi connectivity index (χ2v) is 9.13. The molecule has 0 saturated carbocycles. The summed E-state index contributed by atoms with van der Waals surface area (Å²) < 4.78 is 42.1. The van der Waals surface area contributed by atoms with Gasteiger partial charge in [-0.05, 0) is 18.2 Å². The summed E-state index contributed by atoms with van der Waals surface area (Å²) >= 11 is 0. The van der Waals surface area contributed by atoms with Gasteiger partial charge in [-0.2, -0.15) is 0 Å². The molecule has 2 aromatic rings. The zero-order valence-electron chi connectivity index (χ0n) is 15.9. The van der Waals surface area contributed by atoms with E-state index in [0.717, 1.165) is 17.7 Å². The summed E-state index contributed by atoms with van der Waals surface area (Å²) in [6.07, 6.45) is 1.28. The third kappa shape index (κ3) is 4.48. The number of hydrogen-bond acceptors (Lipinski definition) is 6. The van der Waals surface area contributed by atoms with E-state index in [1.54, 1.807) is 6.07 Å². The highest BCUT2D eigenvalue weighted by Crippen LogP contribution is 2.33. The Balaban J connectivity index is 1.40. The first kappa shape index (κ1) is 19.6. The van der Waals surface area contributed by atoms with Crippen molar-refractivity contribution in [2.75, 3.05) is 25.6 Å². The van der Waals surface area contributed by atoms with Crippen molar-refractivity contribution in [1.29, 1.82) is 0 Å². The third-order valence-corrected chi connectivity index (χ3v) is 6.68. The number of ether oxygens (including phenoxy) is 3. The van der Waals surface area contributed by atoms with Crippen LogP contribution in [-0.4, -0.2) is 39.9 Å². The SMILES string of the molecule is O=C(CCS(=O)(=O)c1ccc2c(c1)OCCCO2)N[C@@H]1CCOc2ccccc21. The molecule has 0 radical (unpaired) electrons. The minimum Gasteiger partial charge on any atom is -0.493 e. The molecule has 29 heavy (non-hydrogen) atoms. The van der Waals surface area contributed by atoms with Crippen LogP contribution in [0.4, 0.5) is 0 Å². The van der Waals surface area contributed by atoms with E-state index >= 15 is 0 Å². The van der Waals surface area contributed by atoms with E-state index < -0.39 is 9.84 Å². The molecule has 4 rings (SSSR count). The number of amides is 1. The molecule has 8 heteroatoms. The van der Waals surface area contributed by atoms with Crippen LogP contribution in [0.25, 0.3) is 0 Å². The number of fused-ring (bicyclic) bond motifs is 2. The van der Waals surface area contributed by atoms with Gasteiger partial charge in [-0.3, -0.25) is 4.79 Å². The zero-order chi connectivity index (χ0) is 20.3. The van der Waals surface area contributed by atoms with E-state index in [0.29, 0.717) is 37.7 Å². The van der Waals surface area contributed by atoms with Gasteiger partial charge in [-0.15, -0.1) is 0 Å². The number of benzene rings is 2. The largest absolute Gasteiger partial charge is 0.493 e. The molecule has 2 aromatic carbocycles. The Bertz CT molecular complexity index is 1000. The quantitative estimate of drug-likeness (QED) is 0.804. The van der Waals surface area contributed by atoms with Gasteiger partial charge in [-0.1, -0.05) is 18.2 Å². The standard InChI is InChI=1S/C21H23NO6S/c23-21(22-17-8-12-28-18-5-2-1-4-16(17)18)9-13-29(24,25)15-6-7-19-20(14-15)27-11-3-10-26-19/h1-2,4-7,14,17H,3,8-13H2,(H,22,23)/t17-/m1/s1. The Hall–Kier alpha value is -2.74. The third-order valence-electron chi connectivity index (χ3n) is 4.97.